The first-order valence-electron chi connectivity index (χ1n) is 5.46. The van der Waals surface area contributed by atoms with Gasteiger partial charge in [0.15, 0.2) is 0 Å². The molecule has 4 heteroatoms. The summed E-state index contributed by atoms with van der Waals surface area (Å²) < 4.78 is 0.975. The number of benzene rings is 1. The summed E-state index contributed by atoms with van der Waals surface area (Å²) in [5, 5.41) is 12.9. The second-order valence-electron chi connectivity index (χ2n) is 4.40. The molecule has 1 atom stereocenters. The van der Waals surface area contributed by atoms with Crippen LogP contribution in [0.2, 0.25) is 0 Å². The highest BCUT2D eigenvalue weighted by Gasteiger charge is 2.07. The number of nitrogens with one attached hydrogen (secondary N) is 1. The Hall–Kier alpha value is -0.740. The first-order chi connectivity index (χ1) is 7.49. The molecular formula is C12H19BrN2O. The molecule has 1 aromatic carbocycles. The van der Waals surface area contributed by atoms with Crippen LogP contribution >= 0.6 is 15.9 Å². The van der Waals surface area contributed by atoms with E-state index >= 15 is 0 Å². The molecule has 16 heavy (non-hydrogen) atoms. The van der Waals surface area contributed by atoms with E-state index in [4.69, 9.17) is 5.73 Å². The second kappa shape index (κ2) is 6.11. The van der Waals surface area contributed by atoms with Gasteiger partial charge in [0, 0.05) is 11.0 Å². The highest BCUT2D eigenvalue weighted by molar-refractivity contribution is 9.10. The Morgan fingerprint density at radius 1 is 1.44 bits per heavy atom. The van der Waals surface area contributed by atoms with Gasteiger partial charge in [0.25, 0.3) is 0 Å². The Morgan fingerprint density at radius 3 is 2.75 bits per heavy atom. The SMILES string of the molecule is CC(C)CC(O)CNc1cc(Br)ccc1N. The normalized spacial score (nSPS) is 12.8. The predicted octanol–water partition coefficient (Wildman–Crippen LogP) is 2.85. The van der Waals surface area contributed by atoms with Crippen LogP contribution in [0.15, 0.2) is 22.7 Å². The number of nitrogens with two attached hydrogens (primary N) is 1. The van der Waals surface area contributed by atoms with Crippen molar-refractivity contribution in [3.63, 3.8) is 0 Å². The fraction of sp³-hybridized carbons (Fsp3) is 0.500. The van der Waals surface area contributed by atoms with Gasteiger partial charge in [-0.15, -0.1) is 0 Å². The van der Waals surface area contributed by atoms with Gasteiger partial charge in [-0.2, -0.15) is 0 Å². The van der Waals surface area contributed by atoms with Crippen LogP contribution in [0.1, 0.15) is 20.3 Å². The van der Waals surface area contributed by atoms with Gasteiger partial charge >= 0.3 is 0 Å². The van der Waals surface area contributed by atoms with E-state index in [1.165, 1.54) is 0 Å². The molecule has 0 radical (unpaired) electrons. The van der Waals surface area contributed by atoms with Crippen molar-refractivity contribution in [3.8, 4) is 0 Å². The third kappa shape index (κ3) is 4.41. The predicted molar refractivity (Wildman–Crippen MR) is 72.5 cm³/mol. The minimum absolute atomic E-state index is 0.335. The summed E-state index contributed by atoms with van der Waals surface area (Å²) in [6, 6.07) is 5.64. The molecule has 0 aliphatic carbocycles. The van der Waals surface area contributed by atoms with Crippen molar-refractivity contribution >= 4 is 27.3 Å². The zero-order valence-electron chi connectivity index (χ0n) is 9.70. The number of hydrogen-bond acceptors (Lipinski definition) is 3. The van der Waals surface area contributed by atoms with E-state index in [9.17, 15) is 5.11 Å². The van der Waals surface area contributed by atoms with E-state index in [1.54, 1.807) is 0 Å². The van der Waals surface area contributed by atoms with Crippen LogP contribution < -0.4 is 11.1 Å². The first kappa shape index (κ1) is 13.3. The Morgan fingerprint density at radius 2 is 2.12 bits per heavy atom. The summed E-state index contributed by atoms with van der Waals surface area (Å²) in [5.41, 5.74) is 7.36. The van der Waals surface area contributed by atoms with Gasteiger partial charge in [-0.05, 0) is 30.5 Å². The Bertz CT molecular complexity index is 342. The molecule has 0 aliphatic rings. The van der Waals surface area contributed by atoms with Crippen LogP contribution in [0.25, 0.3) is 0 Å². The molecule has 1 rings (SSSR count). The monoisotopic (exact) mass is 286 g/mol. The third-order valence-electron chi connectivity index (χ3n) is 2.29. The van der Waals surface area contributed by atoms with Gasteiger partial charge in [-0.3, -0.25) is 0 Å². The van der Waals surface area contributed by atoms with Gasteiger partial charge in [0.05, 0.1) is 17.5 Å². The highest BCUT2D eigenvalue weighted by atomic mass is 79.9. The first-order valence-corrected chi connectivity index (χ1v) is 6.25. The van der Waals surface area contributed by atoms with Crippen molar-refractivity contribution in [2.24, 2.45) is 5.92 Å². The molecular weight excluding hydrogens is 268 g/mol. The maximum absolute atomic E-state index is 9.73. The number of anilines is 2. The smallest absolute Gasteiger partial charge is 0.0715 e. The average Bonchev–Trinajstić information content (AvgIpc) is 2.18. The van der Waals surface area contributed by atoms with Gasteiger partial charge in [0.2, 0.25) is 0 Å². The zero-order chi connectivity index (χ0) is 12.1. The number of hydrogen-bond donors (Lipinski definition) is 3. The summed E-state index contributed by atoms with van der Waals surface area (Å²) >= 11 is 3.39. The lowest BCUT2D eigenvalue weighted by Crippen LogP contribution is -2.21. The number of rotatable bonds is 5. The van der Waals surface area contributed by atoms with Crippen LogP contribution in [0.3, 0.4) is 0 Å². The van der Waals surface area contributed by atoms with Crippen LogP contribution in [0, 0.1) is 5.92 Å². The number of nitrogen functional groups attached to an aromatic ring is 1. The minimum atomic E-state index is -0.335. The lowest BCUT2D eigenvalue weighted by molar-refractivity contribution is 0.161. The quantitative estimate of drug-likeness (QED) is 0.730. The highest BCUT2D eigenvalue weighted by Crippen LogP contribution is 2.23. The van der Waals surface area contributed by atoms with E-state index < -0.39 is 0 Å². The largest absolute Gasteiger partial charge is 0.397 e. The molecule has 0 aliphatic heterocycles. The molecule has 0 saturated heterocycles. The topological polar surface area (TPSA) is 58.3 Å². The standard InChI is InChI=1S/C12H19BrN2O/c1-8(2)5-10(16)7-15-12-6-9(13)3-4-11(12)14/h3-4,6,8,10,15-16H,5,7,14H2,1-2H3. The zero-order valence-corrected chi connectivity index (χ0v) is 11.3. The van der Waals surface area contributed by atoms with Gasteiger partial charge < -0.3 is 16.2 Å². The fourth-order valence-corrected chi connectivity index (χ4v) is 1.90. The summed E-state index contributed by atoms with van der Waals surface area (Å²) in [4.78, 5) is 0. The molecule has 0 aromatic heterocycles. The van der Waals surface area contributed by atoms with Crippen LogP contribution in [0.5, 0.6) is 0 Å². The van der Waals surface area contributed by atoms with Crippen molar-refractivity contribution in [1.82, 2.24) is 0 Å². The molecule has 0 bridgehead atoms. The van der Waals surface area contributed by atoms with Gasteiger partial charge in [-0.25, -0.2) is 0 Å². The summed E-state index contributed by atoms with van der Waals surface area (Å²) in [6.45, 7) is 4.71. The van der Waals surface area contributed by atoms with Crippen molar-refractivity contribution in [2.75, 3.05) is 17.6 Å². The molecule has 4 N–H and O–H groups in total. The molecule has 0 fully saturated rings. The average molecular weight is 287 g/mol. The number of aliphatic hydroxyl groups excluding tert-OH is 1. The molecule has 0 heterocycles. The summed E-state index contributed by atoms with van der Waals surface area (Å²) in [6.07, 6.45) is 0.458. The van der Waals surface area contributed by atoms with Crippen LogP contribution in [0.4, 0.5) is 11.4 Å². The third-order valence-corrected chi connectivity index (χ3v) is 2.78. The van der Waals surface area contributed by atoms with E-state index in [1.807, 2.05) is 18.2 Å². The van der Waals surface area contributed by atoms with Crippen molar-refractivity contribution < 1.29 is 5.11 Å². The fourth-order valence-electron chi connectivity index (χ4n) is 1.54. The lowest BCUT2D eigenvalue weighted by Gasteiger charge is -2.15. The summed E-state index contributed by atoms with van der Waals surface area (Å²) in [5.74, 6) is 0.497. The van der Waals surface area contributed by atoms with Crippen molar-refractivity contribution in [2.45, 2.75) is 26.4 Å². The molecule has 0 saturated carbocycles. The van der Waals surface area contributed by atoms with Gasteiger partial charge in [0.1, 0.15) is 0 Å². The Labute approximate surface area is 105 Å². The molecule has 90 valence electrons. The van der Waals surface area contributed by atoms with E-state index in [0.29, 0.717) is 18.2 Å². The molecule has 1 unspecified atom stereocenters. The second-order valence-corrected chi connectivity index (χ2v) is 5.31. The Kier molecular flexibility index (Phi) is 5.09. The molecule has 1 aromatic rings. The number of aliphatic hydroxyl groups is 1. The maximum Gasteiger partial charge on any atom is 0.0715 e. The number of halogens is 1. The van der Waals surface area contributed by atoms with Gasteiger partial charge in [-0.1, -0.05) is 29.8 Å². The molecule has 0 amide bonds. The van der Waals surface area contributed by atoms with Crippen LogP contribution in [-0.2, 0) is 0 Å². The Balaban J connectivity index is 2.51. The lowest BCUT2D eigenvalue weighted by atomic mass is 10.1. The van der Waals surface area contributed by atoms with Crippen molar-refractivity contribution in [3.05, 3.63) is 22.7 Å². The van der Waals surface area contributed by atoms with E-state index in [0.717, 1.165) is 16.6 Å². The van der Waals surface area contributed by atoms with E-state index in [-0.39, 0.29) is 6.10 Å². The minimum Gasteiger partial charge on any atom is -0.397 e. The molecule has 3 nitrogen and oxygen atoms in total. The van der Waals surface area contributed by atoms with Crippen LogP contribution in [-0.4, -0.2) is 17.8 Å². The summed E-state index contributed by atoms with van der Waals surface area (Å²) in [7, 11) is 0. The maximum atomic E-state index is 9.73. The van der Waals surface area contributed by atoms with Crippen molar-refractivity contribution in [1.29, 1.82) is 0 Å². The van der Waals surface area contributed by atoms with E-state index in [2.05, 4.69) is 35.1 Å². The molecule has 0 spiro atoms.